The molecule has 1 rings (SSSR count). The van der Waals surface area contributed by atoms with Crippen LogP contribution in [0.5, 0.6) is 0 Å². The van der Waals surface area contributed by atoms with E-state index in [4.69, 9.17) is 0 Å². The summed E-state index contributed by atoms with van der Waals surface area (Å²) >= 11 is 0. The Morgan fingerprint density at radius 2 is 1.95 bits per heavy atom. The third-order valence-electron chi connectivity index (χ3n) is 3.07. The minimum absolute atomic E-state index is 0.194. The molecule has 0 amide bonds. The van der Waals surface area contributed by atoms with Crippen molar-refractivity contribution in [1.82, 2.24) is 14.6 Å². The molecule has 20 heavy (non-hydrogen) atoms. The van der Waals surface area contributed by atoms with E-state index in [1.54, 1.807) is 19.4 Å². The van der Waals surface area contributed by atoms with Gasteiger partial charge in [0.05, 0.1) is 5.75 Å². The third kappa shape index (κ3) is 6.45. The molecule has 0 aromatic carbocycles. The van der Waals surface area contributed by atoms with Gasteiger partial charge in [0.25, 0.3) is 0 Å². The number of pyridine rings is 1. The minimum Gasteiger partial charge on any atom is -0.314 e. The second-order valence-electron chi connectivity index (χ2n) is 5.21. The van der Waals surface area contributed by atoms with Gasteiger partial charge in [0, 0.05) is 32.0 Å². The Morgan fingerprint density at radius 3 is 2.55 bits per heavy atom. The SMILES string of the molecule is CC(C)NCCCS(=O)(=O)N(C)CCc1ccncc1. The summed E-state index contributed by atoms with van der Waals surface area (Å²) in [6, 6.07) is 4.21. The first kappa shape index (κ1) is 17.1. The molecule has 0 saturated heterocycles. The van der Waals surface area contributed by atoms with Gasteiger partial charge in [-0.25, -0.2) is 12.7 Å². The number of nitrogens with one attached hydrogen (secondary N) is 1. The van der Waals surface area contributed by atoms with Crippen molar-refractivity contribution in [2.75, 3.05) is 25.9 Å². The molecule has 1 N–H and O–H groups in total. The Hall–Kier alpha value is -0.980. The Bertz CT molecular complexity index is 474. The van der Waals surface area contributed by atoms with Gasteiger partial charge < -0.3 is 5.32 Å². The van der Waals surface area contributed by atoms with E-state index >= 15 is 0 Å². The average Bonchev–Trinajstić information content (AvgIpc) is 2.42. The summed E-state index contributed by atoms with van der Waals surface area (Å²) in [5.74, 6) is 0.194. The molecule has 0 atom stereocenters. The smallest absolute Gasteiger partial charge is 0.213 e. The van der Waals surface area contributed by atoms with E-state index in [9.17, 15) is 8.42 Å². The van der Waals surface area contributed by atoms with Crippen LogP contribution in [0.1, 0.15) is 25.8 Å². The molecule has 0 saturated carbocycles. The van der Waals surface area contributed by atoms with Crippen LogP contribution in [-0.2, 0) is 16.4 Å². The highest BCUT2D eigenvalue weighted by molar-refractivity contribution is 7.89. The normalized spacial score (nSPS) is 12.2. The van der Waals surface area contributed by atoms with Crippen molar-refractivity contribution in [3.8, 4) is 0 Å². The van der Waals surface area contributed by atoms with Crippen LogP contribution in [0.25, 0.3) is 0 Å². The van der Waals surface area contributed by atoms with Gasteiger partial charge >= 0.3 is 0 Å². The van der Waals surface area contributed by atoms with Crippen LogP contribution in [0.2, 0.25) is 0 Å². The molecule has 5 nitrogen and oxygen atoms in total. The van der Waals surface area contributed by atoms with Gasteiger partial charge in [-0.15, -0.1) is 0 Å². The standard InChI is InChI=1S/C14H25N3O2S/c1-13(2)16-8-4-12-20(18,19)17(3)11-7-14-5-9-15-10-6-14/h5-6,9-10,13,16H,4,7-8,11-12H2,1-3H3. The van der Waals surface area contributed by atoms with Gasteiger partial charge in [0.2, 0.25) is 10.0 Å². The van der Waals surface area contributed by atoms with Crippen LogP contribution in [-0.4, -0.2) is 49.6 Å². The lowest BCUT2D eigenvalue weighted by Crippen LogP contribution is -2.33. The number of likely N-dealkylation sites (N-methyl/N-ethyl adjacent to an activating group) is 1. The molecule has 1 aromatic rings. The lowest BCUT2D eigenvalue weighted by atomic mass is 10.2. The van der Waals surface area contributed by atoms with Crippen molar-refractivity contribution in [3.05, 3.63) is 30.1 Å². The molecule has 0 aliphatic heterocycles. The van der Waals surface area contributed by atoms with Crippen LogP contribution in [0.4, 0.5) is 0 Å². The lowest BCUT2D eigenvalue weighted by Gasteiger charge is -2.17. The summed E-state index contributed by atoms with van der Waals surface area (Å²) in [5, 5.41) is 3.22. The number of aromatic nitrogens is 1. The summed E-state index contributed by atoms with van der Waals surface area (Å²) < 4.78 is 25.6. The molecule has 1 heterocycles. The van der Waals surface area contributed by atoms with Crippen molar-refractivity contribution in [2.45, 2.75) is 32.7 Å². The highest BCUT2D eigenvalue weighted by Crippen LogP contribution is 2.04. The van der Waals surface area contributed by atoms with Crippen molar-refractivity contribution in [2.24, 2.45) is 0 Å². The zero-order valence-corrected chi connectivity index (χ0v) is 13.4. The summed E-state index contributed by atoms with van der Waals surface area (Å²) in [7, 11) is -1.51. The van der Waals surface area contributed by atoms with Gasteiger partial charge in [-0.05, 0) is 37.1 Å². The molecule has 0 radical (unpaired) electrons. The first-order valence-electron chi connectivity index (χ1n) is 6.98. The summed E-state index contributed by atoms with van der Waals surface area (Å²) in [6.45, 7) is 5.34. The maximum absolute atomic E-state index is 12.1. The zero-order valence-electron chi connectivity index (χ0n) is 12.5. The molecule has 0 bridgehead atoms. The minimum atomic E-state index is -3.15. The number of rotatable bonds is 9. The Labute approximate surface area is 122 Å². The van der Waals surface area contributed by atoms with Crippen LogP contribution in [0, 0.1) is 0 Å². The van der Waals surface area contributed by atoms with Crippen LogP contribution >= 0.6 is 0 Å². The Morgan fingerprint density at radius 1 is 1.30 bits per heavy atom. The van der Waals surface area contributed by atoms with Crippen LogP contribution in [0.15, 0.2) is 24.5 Å². The molecule has 0 aliphatic rings. The highest BCUT2D eigenvalue weighted by Gasteiger charge is 2.16. The maximum atomic E-state index is 12.1. The second-order valence-corrected chi connectivity index (χ2v) is 7.40. The maximum Gasteiger partial charge on any atom is 0.213 e. The number of sulfonamides is 1. The summed E-state index contributed by atoms with van der Waals surface area (Å²) in [6.07, 6.45) is 4.80. The molecular formula is C14H25N3O2S. The van der Waals surface area contributed by atoms with Gasteiger partial charge in [-0.2, -0.15) is 0 Å². The van der Waals surface area contributed by atoms with E-state index in [2.05, 4.69) is 24.1 Å². The predicted molar refractivity (Wildman–Crippen MR) is 82.1 cm³/mol. The van der Waals surface area contributed by atoms with Gasteiger partial charge in [-0.3, -0.25) is 4.98 Å². The molecule has 0 spiro atoms. The fourth-order valence-electron chi connectivity index (χ4n) is 1.78. The van der Waals surface area contributed by atoms with Gasteiger partial charge in [0.15, 0.2) is 0 Å². The monoisotopic (exact) mass is 299 g/mol. The van der Waals surface area contributed by atoms with Crippen molar-refractivity contribution < 1.29 is 8.42 Å². The van der Waals surface area contributed by atoms with E-state index in [1.807, 2.05) is 12.1 Å². The molecule has 114 valence electrons. The van der Waals surface area contributed by atoms with Crippen molar-refractivity contribution >= 4 is 10.0 Å². The predicted octanol–water partition coefficient (Wildman–Crippen LogP) is 1.27. The van der Waals surface area contributed by atoms with E-state index in [0.29, 0.717) is 25.4 Å². The highest BCUT2D eigenvalue weighted by atomic mass is 32.2. The number of hydrogen-bond acceptors (Lipinski definition) is 4. The van der Waals surface area contributed by atoms with E-state index in [0.717, 1.165) is 12.1 Å². The first-order valence-corrected chi connectivity index (χ1v) is 8.59. The van der Waals surface area contributed by atoms with Crippen LogP contribution in [0.3, 0.4) is 0 Å². The van der Waals surface area contributed by atoms with E-state index in [-0.39, 0.29) is 5.75 Å². The summed E-state index contributed by atoms with van der Waals surface area (Å²) in [4.78, 5) is 3.95. The quantitative estimate of drug-likeness (QED) is 0.698. The number of hydrogen-bond donors (Lipinski definition) is 1. The third-order valence-corrected chi connectivity index (χ3v) is 5.01. The van der Waals surface area contributed by atoms with Crippen LogP contribution < -0.4 is 5.32 Å². The fraction of sp³-hybridized carbons (Fsp3) is 0.643. The van der Waals surface area contributed by atoms with E-state index < -0.39 is 10.0 Å². The Balaban J connectivity index is 2.35. The molecule has 0 unspecified atom stereocenters. The molecular weight excluding hydrogens is 274 g/mol. The largest absolute Gasteiger partial charge is 0.314 e. The zero-order chi connectivity index (χ0) is 15.0. The van der Waals surface area contributed by atoms with Crippen molar-refractivity contribution in [3.63, 3.8) is 0 Å². The van der Waals surface area contributed by atoms with Gasteiger partial charge in [-0.1, -0.05) is 13.8 Å². The second kappa shape index (κ2) is 8.34. The molecule has 0 aliphatic carbocycles. The lowest BCUT2D eigenvalue weighted by molar-refractivity contribution is 0.469. The number of nitrogens with zero attached hydrogens (tertiary/aromatic N) is 2. The summed E-state index contributed by atoms with van der Waals surface area (Å²) in [5.41, 5.74) is 1.10. The molecule has 6 heteroatoms. The average molecular weight is 299 g/mol. The fourth-order valence-corrected chi connectivity index (χ4v) is 2.97. The van der Waals surface area contributed by atoms with Crippen molar-refractivity contribution in [1.29, 1.82) is 0 Å². The molecule has 1 aromatic heterocycles. The Kier molecular flexibility index (Phi) is 7.12. The van der Waals surface area contributed by atoms with Gasteiger partial charge in [0.1, 0.15) is 0 Å². The van der Waals surface area contributed by atoms with E-state index in [1.165, 1.54) is 4.31 Å². The first-order chi connectivity index (χ1) is 9.42. The molecule has 0 fully saturated rings. The topological polar surface area (TPSA) is 62.3 Å².